The van der Waals surface area contributed by atoms with Crippen molar-refractivity contribution in [3.05, 3.63) is 48.0 Å². The molecule has 30 heavy (non-hydrogen) atoms. The molecule has 0 aliphatic carbocycles. The van der Waals surface area contributed by atoms with Gasteiger partial charge in [-0.3, -0.25) is 4.79 Å². The number of nitrogens with zero attached hydrogens (tertiary/aromatic N) is 3. The molecular formula is C22H24N4O3S. The number of rotatable bonds is 6. The molecule has 0 bridgehead atoms. The highest BCUT2D eigenvalue weighted by atomic mass is 32.2. The number of anilines is 1. The Kier molecular flexibility index (Phi) is 6.23. The Balaban J connectivity index is 1.46. The van der Waals surface area contributed by atoms with Crippen LogP contribution in [0.4, 0.5) is 5.69 Å². The highest BCUT2D eigenvalue weighted by Gasteiger charge is 2.18. The smallest absolute Gasteiger partial charge is 0.234 e. The first-order valence-electron chi connectivity index (χ1n) is 9.96. The Hall–Kier alpha value is -3.00. The van der Waals surface area contributed by atoms with Gasteiger partial charge in [0.05, 0.1) is 19.0 Å². The van der Waals surface area contributed by atoms with Crippen LogP contribution in [0.5, 0.6) is 11.5 Å². The van der Waals surface area contributed by atoms with E-state index in [4.69, 9.17) is 9.47 Å². The molecule has 0 atom stereocenters. The molecule has 156 valence electrons. The molecule has 0 spiro atoms. The molecule has 0 unspecified atom stereocenters. The normalized spacial score (nSPS) is 13.0. The molecule has 4 rings (SSSR count). The van der Waals surface area contributed by atoms with Crippen LogP contribution >= 0.6 is 11.8 Å². The van der Waals surface area contributed by atoms with Crippen LogP contribution < -0.4 is 14.8 Å². The third kappa shape index (κ3) is 4.59. The number of amides is 1. The van der Waals surface area contributed by atoms with E-state index in [9.17, 15) is 4.79 Å². The van der Waals surface area contributed by atoms with Crippen LogP contribution in [0.25, 0.3) is 11.4 Å². The summed E-state index contributed by atoms with van der Waals surface area (Å²) in [6.07, 6.45) is 0.862. The first kappa shape index (κ1) is 20.3. The van der Waals surface area contributed by atoms with E-state index in [2.05, 4.69) is 15.5 Å². The number of thioether (sulfide) groups is 1. The molecule has 1 amide bonds. The van der Waals surface area contributed by atoms with Crippen LogP contribution in [0.2, 0.25) is 0 Å². The van der Waals surface area contributed by atoms with Gasteiger partial charge in [0.25, 0.3) is 0 Å². The van der Waals surface area contributed by atoms with Crippen molar-refractivity contribution in [2.45, 2.75) is 32.0 Å². The maximum Gasteiger partial charge on any atom is 0.234 e. The number of benzene rings is 2. The first-order valence-corrected chi connectivity index (χ1v) is 10.9. The van der Waals surface area contributed by atoms with Crippen LogP contribution in [-0.4, -0.2) is 39.6 Å². The van der Waals surface area contributed by atoms with E-state index in [-0.39, 0.29) is 11.7 Å². The summed E-state index contributed by atoms with van der Waals surface area (Å²) in [5, 5.41) is 12.3. The summed E-state index contributed by atoms with van der Waals surface area (Å²) < 4.78 is 13.5. The summed E-state index contributed by atoms with van der Waals surface area (Å²) in [5.41, 5.74) is 2.85. The Bertz CT molecular complexity index is 1030. The molecule has 0 saturated heterocycles. The van der Waals surface area contributed by atoms with Crippen LogP contribution in [0.15, 0.2) is 47.6 Å². The first-order chi connectivity index (χ1) is 14.6. The average Bonchev–Trinajstić information content (AvgIpc) is 3.02. The van der Waals surface area contributed by atoms with Gasteiger partial charge in [-0.2, -0.15) is 0 Å². The molecule has 3 aromatic rings. The topological polar surface area (TPSA) is 78.3 Å². The van der Waals surface area contributed by atoms with Crippen LogP contribution in [-0.2, 0) is 11.3 Å². The van der Waals surface area contributed by atoms with E-state index in [0.29, 0.717) is 24.9 Å². The number of hydrogen-bond donors (Lipinski definition) is 1. The predicted octanol–water partition coefficient (Wildman–Crippen LogP) is 4.17. The molecule has 1 aromatic heterocycles. The van der Waals surface area contributed by atoms with Gasteiger partial charge < -0.3 is 19.4 Å². The molecule has 1 aliphatic rings. The maximum absolute atomic E-state index is 12.3. The van der Waals surface area contributed by atoms with E-state index in [1.807, 2.05) is 60.9 Å². The Labute approximate surface area is 179 Å². The van der Waals surface area contributed by atoms with Gasteiger partial charge in [0.15, 0.2) is 22.5 Å². The van der Waals surface area contributed by atoms with Gasteiger partial charge in [0.2, 0.25) is 5.91 Å². The number of carbonyl (C=O) groups is 1. The van der Waals surface area contributed by atoms with Crippen molar-refractivity contribution in [3.8, 4) is 22.9 Å². The van der Waals surface area contributed by atoms with E-state index in [1.54, 1.807) is 0 Å². The van der Waals surface area contributed by atoms with E-state index in [1.165, 1.54) is 11.8 Å². The second-order valence-electron chi connectivity index (χ2n) is 6.97. The third-order valence-corrected chi connectivity index (χ3v) is 5.67. The minimum Gasteiger partial charge on any atom is -0.490 e. The lowest BCUT2D eigenvalue weighted by atomic mass is 10.2. The van der Waals surface area contributed by atoms with E-state index in [0.717, 1.165) is 40.6 Å². The van der Waals surface area contributed by atoms with Gasteiger partial charge in [0, 0.05) is 24.2 Å². The van der Waals surface area contributed by atoms with Crippen molar-refractivity contribution in [1.82, 2.24) is 14.8 Å². The Morgan fingerprint density at radius 1 is 1.10 bits per heavy atom. The number of hydrogen-bond acceptors (Lipinski definition) is 6. The summed E-state index contributed by atoms with van der Waals surface area (Å²) >= 11 is 1.37. The molecular weight excluding hydrogens is 400 g/mol. The fourth-order valence-corrected chi connectivity index (χ4v) is 3.96. The molecule has 2 heterocycles. The zero-order chi connectivity index (χ0) is 20.9. The Morgan fingerprint density at radius 3 is 2.63 bits per heavy atom. The third-order valence-electron chi connectivity index (χ3n) is 4.71. The van der Waals surface area contributed by atoms with Gasteiger partial charge in [0.1, 0.15) is 0 Å². The molecule has 0 radical (unpaired) electrons. The fraction of sp³-hybridized carbons (Fsp3) is 0.318. The molecule has 7 nitrogen and oxygen atoms in total. The van der Waals surface area contributed by atoms with Crippen LogP contribution in [0.3, 0.4) is 0 Å². The summed E-state index contributed by atoms with van der Waals surface area (Å²) in [7, 11) is 0. The highest BCUT2D eigenvalue weighted by molar-refractivity contribution is 7.99. The Morgan fingerprint density at radius 2 is 1.87 bits per heavy atom. The highest BCUT2D eigenvalue weighted by Crippen LogP contribution is 2.34. The lowest BCUT2D eigenvalue weighted by molar-refractivity contribution is -0.113. The SMILES string of the molecule is CCn1c(SCC(=O)Nc2ccc(C)cc2)nnc1-c1ccc2c(c1)OCCCO2. The van der Waals surface area contributed by atoms with Gasteiger partial charge in [-0.05, 0) is 44.2 Å². The van der Waals surface area contributed by atoms with Crippen molar-refractivity contribution < 1.29 is 14.3 Å². The second kappa shape index (κ2) is 9.21. The van der Waals surface area contributed by atoms with Crippen molar-refractivity contribution in [2.24, 2.45) is 0 Å². The molecule has 0 fully saturated rings. The van der Waals surface area contributed by atoms with Gasteiger partial charge in [-0.25, -0.2) is 0 Å². The van der Waals surface area contributed by atoms with Gasteiger partial charge in [-0.15, -0.1) is 10.2 Å². The quantitative estimate of drug-likeness (QED) is 0.599. The number of nitrogens with one attached hydrogen (secondary N) is 1. The van der Waals surface area contributed by atoms with Crippen molar-refractivity contribution >= 4 is 23.4 Å². The van der Waals surface area contributed by atoms with Gasteiger partial charge in [-0.1, -0.05) is 29.5 Å². The maximum atomic E-state index is 12.3. The van der Waals surface area contributed by atoms with Crippen molar-refractivity contribution in [3.63, 3.8) is 0 Å². The van der Waals surface area contributed by atoms with Crippen molar-refractivity contribution in [1.29, 1.82) is 0 Å². The summed E-state index contributed by atoms with van der Waals surface area (Å²) in [5.74, 6) is 2.40. The van der Waals surface area contributed by atoms with E-state index < -0.39 is 0 Å². The standard InChI is InChI=1S/C22H24N4O3S/c1-3-26-21(16-7-10-18-19(13-16)29-12-4-11-28-18)24-25-22(26)30-14-20(27)23-17-8-5-15(2)6-9-17/h5-10,13H,3-4,11-12,14H2,1-2H3,(H,23,27). The van der Waals surface area contributed by atoms with Gasteiger partial charge >= 0.3 is 0 Å². The van der Waals surface area contributed by atoms with Crippen LogP contribution in [0.1, 0.15) is 18.9 Å². The number of aryl methyl sites for hydroxylation is 1. The zero-order valence-electron chi connectivity index (χ0n) is 17.1. The molecule has 0 saturated carbocycles. The predicted molar refractivity (Wildman–Crippen MR) is 117 cm³/mol. The number of carbonyl (C=O) groups excluding carboxylic acids is 1. The lowest BCUT2D eigenvalue weighted by Gasteiger charge is -2.11. The largest absolute Gasteiger partial charge is 0.490 e. The number of fused-ring (bicyclic) bond motifs is 1. The number of ether oxygens (including phenoxy) is 2. The minimum atomic E-state index is -0.0772. The lowest BCUT2D eigenvalue weighted by Crippen LogP contribution is -2.14. The second-order valence-corrected chi connectivity index (χ2v) is 7.91. The summed E-state index contributed by atoms with van der Waals surface area (Å²) in [6.45, 7) is 6.03. The summed E-state index contributed by atoms with van der Waals surface area (Å²) in [4.78, 5) is 12.3. The molecule has 2 aromatic carbocycles. The molecule has 1 aliphatic heterocycles. The van der Waals surface area contributed by atoms with E-state index >= 15 is 0 Å². The average molecular weight is 425 g/mol. The fourth-order valence-electron chi connectivity index (χ4n) is 3.16. The van der Waals surface area contributed by atoms with Crippen LogP contribution in [0, 0.1) is 6.92 Å². The molecule has 1 N–H and O–H groups in total. The zero-order valence-corrected chi connectivity index (χ0v) is 17.9. The molecule has 8 heteroatoms. The summed E-state index contributed by atoms with van der Waals surface area (Å²) in [6, 6.07) is 13.5. The minimum absolute atomic E-state index is 0.0772. The monoisotopic (exact) mass is 424 g/mol. The van der Waals surface area contributed by atoms with Crippen molar-refractivity contribution in [2.75, 3.05) is 24.3 Å². The number of aromatic nitrogens is 3.